The summed E-state index contributed by atoms with van der Waals surface area (Å²) in [7, 11) is 4.05. The minimum atomic E-state index is 0.00209. The molecule has 112 valence electrons. The fourth-order valence-electron chi connectivity index (χ4n) is 2.03. The van der Waals surface area contributed by atoms with E-state index in [-0.39, 0.29) is 18.5 Å². The molecule has 4 nitrogen and oxygen atoms in total. The Kier molecular flexibility index (Phi) is 5.78. The van der Waals surface area contributed by atoms with Crippen molar-refractivity contribution in [3.63, 3.8) is 0 Å². The molecule has 2 N–H and O–H groups in total. The molecule has 2 rings (SSSR count). The first-order valence-electron chi connectivity index (χ1n) is 6.92. The second-order valence-corrected chi connectivity index (χ2v) is 6.00. The van der Waals surface area contributed by atoms with Gasteiger partial charge in [0.05, 0.1) is 12.6 Å². The van der Waals surface area contributed by atoms with Gasteiger partial charge in [-0.25, -0.2) is 0 Å². The molecule has 1 heterocycles. The average molecular weight is 303 g/mol. The molecule has 0 fully saturated rings. The first kappa shape index (κ1) is 15.5. The highest BCUT2D eigenvalue weighted by Gasteiger charge is 2.15. The van der Waals surface area contributed by atoms with Crippen LogP contribution in [0.25, 0.3) is 0 Å². The van der Waals surface area contributed by atoms with Gasteiger partial charge >= 0.3 is 0 Å². The maximum Gasteiger partial charge on any atom is 0.239 e. The minimum Gasteiger partial charge on any atom is -0.376 e. The standard InChI is InChI=1S/C16H21N3OS/c1-19(2)14(15-9-6-10-21-15)11-18-16(20)12-17-13-7-4-3-5-8-13/h3-10,14,17H,11-12H2,1-2H3,(H,18,20). The lowest BCUT2D eigenvalue weighted by atomic mass is 10.2. The summed E-state index contributed by atoms with van der Waals surface area (Å²) >= 11 is 1.71. The Balaban J connectivity index is 1.80. The van der Waals surface area contributed by atoms with Gasteiger partial charge in [-0.1, -0.05) is 24.3 Å². The molecule has 0 aliphatic rings. The molecule has 1 amide bonds. The Morgan fingerprint density at radius 2 is 1.95 bits per heavy atom. The summed E-state index contributed by atoms with van der Waals surface area (Å²) in [5, 5.41) is 8.16. The van der Waals surface area contributed by atoms with Gasteiger partial charge in [-0.15, -0.1) is 11.3 Å². The molecule has 0 saturated carbocycles. The van der Waals surface area contributed by atoms with Gasteiger partial charge in [0.2, 0.25) is 5.91 Å². The van der Waals surface area contributed by atoms with Crippen LogP contribution in [-0.2, 0) is 4.79 Å². The van der Waals surface area contributed by atoms with Crippen molar-refractivity contribution in [1.82, 2.24) is 10.2 Å². The molecule has 2 aromatic rings. The summed E-state index contributed by atoms with van der Waals surface area (Å²) in [6.45, 7) is 0.900. The summed E-state index contributed by atoms with van der Waals surface area (Å²) < 4.78 is 0. The number of nitrogens with one attached hydrogen (secondary N) is 2. The lowest BCUT2D eigenvalue weighted by molar-refractivity contribution is -0.119. The van der Waals surface area contributed by atoms with E-state index in [1.807, 2.05) is 50.5 Å². The SMILES string of the molecule is CN(C)C(CNC(=O)CNc1ccccc1)c1cccs1. The highest BCUT2D eigenvalue weighted by molar-refractivity contribution is 7.10. The quantitative estimate of drug-likeness (QED) is 0.826. The Hall–Kier alpha value is -1.85. The molecule has 5 heteroatoms. The largest absolute Gasteiger partial charge is 0.376 e. The van der Waals surface area contributed by atoms with Gasteiger partial charge in [0, 0.05) is 17.1 Å². The van der Waals surface area contributed by atoms with Crippen molar-refractivity contribution in [2.45, 2.75) is 6.04 Å². The van der Waals surface area contributed by atoms with E-state index in [9.17, 15) is 4.79 Å². The van der Waals surface area contributed by atoms with Crippen LogP contribution in [0.15, 0.2) is 47.8 Å². The molecule has 21 heavy (non-hydrogen) atoms. The summed E-state index contributed by atoms with van der Waals surface area (Å²) in [6, 6.07) is 14.1. The van der Waals surface area contributed by atoms with Crippen LogP contribution in [-0.4, -0.2) is 38.0 Å². The summed E-state index contributed by atoms with van der Waals surface area (Å²) in [4.78, 5) is 15.3. The average Bonchev–Trinajstić information content (AvgIpc) is 3.00. The van der Waals surface area contributed by atoms with Gasteiger partial charge in [0.1, 0.15) is 0 Å². The number of amides is 1. The number of carbonyl (C=O) groups excluding carboxylic acids is 1. The van der Waals surface area contributed by atoms with Crippen molar-refractivity contribution in [2.75, 3.05) is 32.5 Å². The first-order chi connectivity index (χ1) is 10.2. The molecule has 0 radical (unpaired) electrons. The number of carbonyl (C=O) groups is 1. The summed E-state index contributed by atoms with van der Waals surface area (Å²) in [6.07, 6.45) is 0. The zero-order valence-electron chi connectivity index (χ0n) is 12.4. The Labute approximate surface area is 129 Å². The topological polar surface area (TPSA) is 44.4 Å². The van der Waals surface area contributed by atoms with E-state index in [2.05, 4.69) is 27.0 Å². The second kappa shape index (κ2) is 7.81. The van der Waals surface area contributed by atoms with Gasteiger partial charge in [-0.3, -0.25) is 4.79 Å². The van der Waals surface area contributed by atoms with Crippen LogP contribution in [0.2, 0.25) is 0 Å². The van der Waals surface area contributed by atoms with E-state index >= 15 is 0 Å². The second-order valence-electron chi connectivity index (χ2n) is 5.02. The third-order valence-electron chi connectivity index (χ3n) is 3.21. The molecule has 1 atom stereocenters. The summed E-state index contributed by atoms with van der Waals surface area (Å²) in [5.41, 5.74) is 0.954. The number of thiophene rings is 1. The third-order valence-corrected chi connectivity index (χ3v) is 4.19. The fraction of sp³-hybridized carbons (Fsp3) is 0.312. The molecule has 0 bridgehead atoms. The van der Waals surface area contributed by atoms with Crippen LogP contribution in [0.5, 0.6) is 0 Å². The monoisotopic (exact) mass is 303 g/mol. The predicted octanol–water partition coefficient (Wildman–Crippen LogP) is 2.58. The minimum absolute atomic E-state index is 0.00209. The smallest absolute Gasteiger partial charge is 0.239 e. The van der Waals surface area contributed by atoms with Gasteiger partial charge < -0.3 is 15.5 Å². The molecule has 1 aromatic heterocycles. The number of anilines is 1. The van der Waals surface area contributed by atoms with Crippen LogP contribution in [0, 0.1) is 0 Å². The third kappa shape index (κ3) is 4.88. The Morgan fingerprint density at radius 3 is 2.57 bits per heavy atom. The van der Waals surface area contributed by atoms with Crippen LogP contribution >= 0.6 is 11.3 Å². The van der Waals surface area contributed by atoms with Crippen molar-refractivity contribution in [3.8, 4) is 0 Å². The zero-order chi connectivity index (χ0) is 15.1. The van der Waals surface area contributed by atoms with E-state index in [1.54, 1.807) is 11.3 Å². The lowest BCUT2D eigenvalue weighted by Crippen LogP contribution is -2.37. The number of hydrogen-bond donors (Lipinski definition) is 2. The van der Waals surface area contributed by atoms with Crippen molar-refractivity contribution in [2.24, 2.45) is 0 Å². The molecule has 1 unspecified atom stereocenters. The van der Waals surface area contributed by atoms with E-state index in [1.165, 1.54) is 4.88 Å². The molecule has 1 aromatic carbocycles. The van der Waals surface area contributed by atoms with Crippen molar-refractivity contribution in [3.05, 3.63) is 52.7 Å². The lowest BCUT2D eigenvalue weighted by Gasteiger charge is -2.23. The molecule has 0 saturated heterocycles. The highest BCUT2D eigenvalue weighted by atomic mass is 32.1. The van der Waals surface area contributed by atoms with Crippen LogP contribution in [0.3, 0.4) is 0 Å². The van der Waals surface area contributed by atoms with Crippen molar-refractivity contribution < 1.29 is 4.79 Å². The van der Waals surface area contributed by atoms with E-state index < -0.39 is 0 Å². The number of rotatable bonds is 7. The number of likely N-dealkylation sites (N-methyl/N-ethyl adjacent to an activating group) is 1. The van der Waals surface area contributed by atoms with Gasteiger partial charge in [0.25, 0.3) is 0 Å². The Bertz CT molecular complexity index is 540. The fourth-order valence-corrected chi connectivity index (χ4v) is 2.95. The van der Waals surface area contributed by atoms with Gasteiger partial charge in [0.15, 0.2) is 0 Å². The number of benzene rings is 1. The molecule has 0 aliphatic heterocycles. The maximum absolute atomic E-state index is 11.9. The van der Waals surface area contributed by atoms with Gasteiger partial charge in [-0.2, -0.15) is 0 Å². The summed E-state index contributed by atoms with van der Waals surface area (Å²) in [5.74, 6) is 0.00209. The normalized spacial score (nSPS) is 12.1. The first-order valence-corrected chi connectivity index (χ1v) is 7.80. The van der Waals surface area contributed by atoms with Crippen molar-refractivity contribution in [1.29, 1.82) is 0 Å². The van der Waals surface area contributed by atoms with E-state index in [4.69, 9.17) is 0 Å². The van der Waals surface area contributed by atoms with Crippen LogP contribution in [0.1, 0.15) is 10.9 Å². The van der Waals surface area contributed by atoms with Crippen LogP contribution < -0.4 is 10.6 Å². The molecular formula is C16H21N3OS. The maximum atomic E-state index is 11.9. The molecule has 0 aliphatic carbocycles. The zero-order valence-corrected chi connectivity index (χ0v) is 13.2. The molecule has 0 spiro atoms. The number of nitrogens with zero attached hydrogens (tertiary/aromatic N) is 1. The van der Waals surface area contributed by atoms with E-state index in [0.717, 1.165) is 5.69 Å². The van der Waals surface area contributed by atoms with Crippen LogP contribution in [0.4, 0.5) is 5.69 Å². The van der Waals surface area contributed by atoms with Gasteiger partial charge in [-0.05, 0) is 37.7 Å². The Morgan fingerprint density at radius 1 is 1.19 bits per heavy atom. The number of para-hydroxylation sites is 1. The van der Waals surface area contributed by atoms with E-state index in [0.29, 0.717) is 6.54 Å². The highest BCUT2D eigenvalue weighted by Crippen LogP contribution is 2.22. The molecular weight excluding hydrogens is 282 g/mol. The number of hydrogen-bond acceptors (Lipinski definition) is 4. The predicted molar refractivity (Wildman–Crippen MR) is 88.7 cm³/mol. The van der Waals surface area contributed by atoms with Crippen molar-refractivity contribution >= 4 is 22.9 Å².